The van der Waals surface area contributed by atoms with E-state index >= 15 is 0 Å². The summed E-state index contributed by atoms with van der Waals surface area (Å²) in [5.74, 6) is 2.35. The van der Waals surface area contributed by atoms with Gasteiger partial charge in [-0.05, 0) is 56.2 Å². The molecule has 2 heterocycles. The van der Waals surface area contributed by atoms with Gasteiger partial charge in [-0.25, -0.2) is 0 Å². The van der Waals surface area contributed by atoms with Crippen LogP contribution < -0.4 is 10.1 Å². The summed E-state index contributed by atoms with van der Waals surface area (Å²) >= 11 is 1.38. The van der Waals surface area contributed by atoms with Crippen LogP contribution in [0.1, 0.15) is 39.0 Å². The van der Waals surface area contributed by atoms with Crippen molar-refractivity contribution in [2.75, 3.05) is 12.4 Å². The molecule has 0 bridgehead atoms. The molecular formula is C22H26N4O3S. The molecule has 8 heteroatoms. The van der Waals surface area contributed by atoms with Gasteiger partial charge in [0.05, 0.1) is 24.3 Å². The van der Waals surface area contributed by atoms with Crippen LogP contribution in [0.15, 0.2) is 52.2 Å². The minimum absolute atomic E-state index is 0.0349. The van der Waals surface area contributed by atoms with E-state index < -0.39 is 0 Å². The highest BCUT2D eigenvalue weighted by Crippen LogP contribution is 2.29. The van der Waals surface area contributed by atoms with Gasteiger partial charge in [-0.1, -0.05) is 31.0 Å². The molecule has 1 aliphatic rings. The van der Waals surface area contributed by atoms with E-state index in [0.717, 1.165) is 24.3 Å². The van der Waals surface area contributed by atoms with Gasteiger partial charge in [0.15, 0.2) is 10.9 Å². The Hall–Kier alpha value is -2.74. The molecule has 1 aromatic carbocycles. The van der Waals surface area contributed by atoms with Crippen molar-refractivity contribution >= 4 is 17.7 Å². The molecule has 7 nitrogen and oxygen atoms in total. The Bertz CT molecular complexity index is 947. The molecule has 1 aliphatic carbocycles. The highest BCUT2D eigenvalue weighted by Gasteiger charge is 2.20. The number of rotatable bonds is 8. The lowest BCUT2D eigenvalue weighted by molar-refractivity contribution is -0.119. The van der Waals surface area contributed by atoms with E-state index in [-0.39, 0.29) is 5.91 Å². The number of benzene rings is 1. The van der Waals surface area contributed by atoms with Gasteiger partial charge in [-0.15, -0.1) is 10.2 Å². The van der Waals surface area contributed by atoms with Gasteiger partial charge in [0.1, 0.15) is 5.75 Å². The number of furan rings is 1. The summed E-state index contributed by atoms with van der Waals surface area (Å²) in [5.41, 5.74) is 0.880. The minimum atomic E-state index is 0.0349. The zero-order valence-corrected chi connectivity index (χ0v) is 17.9. The quantitative estimate of drug-likeness (QED) is 0.535. The van der Waals surface area contributed by atoms with Crippen LogP contribution >= 0.6 is 11.8 Å². The van der Waals surface area contributed by atoms with Crippen molar-refractivity contribution < 1.29 is 13.9 Å². The fourth-order valence-corrected chi connectivity index (χ4v) is 4.43. The van der Waals surface area contributed by atoms with E-state index in [0.29, 0.717) is 35.1 Å². The van der Waals surface area contributed by atoms with E-state index in [2.05, 4.69) is 15.5 Å². The van der Waals surface area contributed by atoms with Gasteiger partial charge in [-0.3, -0.25) is 9.36 Å². The van der Waals surface area contributed by atoms with Crippen molar-refractivity contribution in [2.24, 2.45) is 0 Å². The van der Waals surface area contributed by atoms with Crippen LogP contribution in [0, 0.1) is 0 Å². The van der Waals surface area contributed by atoms with Crippen LogP contribution in [0.3, 0.4) is 0 Å². The first-order valence-electron chi connectivity index (χ1n) is 10.4. The number of amides is 1. The van der Waals surface area contributed by atoms with E-state index in [1.165, 1.54) is 31.0 Å². The number of carbonyl (C=O) groups excluding carboxylic acids is 1. The predicted molar refractivity (Wildman–Crippen MR) is 116 cm³/mol. The van der Waals surface area contributed by atoms with Crippen LogP contribution in [0.5, 0.6) is 5.75 Å². The number of ether oxygens (including phenoxy) is 1. The maximum atomic E-state index is 12.5. The number of hydrogen-bond acceptors (Lipinski definition) is 6. The van der Waals surface area contributed by atoms with Gasteiger partial charge >= 0.3 is 0 Å². The smallest absolute Gasteiger partial charge is 0.230 e. The number of hydrogen-bond donors (Lipinski definition) is 1. The fraction of sp³-hybridized carbons (Fsp3) is 0.409. The molecule has 0 atom stereocenters. The van der Waals surface area contributed by atoms with Gasteiger partial charge in [-0.2, -0.15) is 0 Å². The molecule has 1 N–H and O–H groups in total. The second-order valence-electron chi connectivity index (χ2n) is 7.24. The summed E-state index contributed by atoms with van der Waals surface area (Å²) in [4.78, 5) is 12.5. The molecule has 0 radical (unpaired) electrons. The van der Waals surface area contributed by atoms with Crippen molar-refractivity contribution in [1.82, 2.24) is 20.1 Å². The van der Waals surface area contributed by atoms with Crippen molar-refractivity contribution in [1.29, 1.82) is 0 Å². The maximum Gasteiger partial charge on any atom is 0.230 e. The van der Waals surface area contributed by atoms with Crippen LogP contribution in [0.4, 0.5) is 0 Å². The second-order valence-corrected chi connectivity index (χ2v) is 8.18. The Labute approximate surface area is 180 Å². The Kier molecular flexibility index (Phi) is 6.74. The number of aromatic nitrogens is 3. The third kappa shape index (κ3) is 4.87. The SMILES string of the molecule is CCOc1ccc(-n2c(SCC(=O)NC3CCCCC3)nnc2-c2ccco2)cc1. The van der Waals surface area contributed by atoms with Crippen LogP contribution in [0.2, 0.25) is 0 Å². The molecule has 1 fully saturated rings. The molecular weight excluding hydrogens is 400 g/mol. The third-order valence-electron chi connectivity index (χ3n) is 5.08. The standard InChI is InChI=1S/C22H26N4O3S/c1-2-28-18-12-10-17(11-13-18)26-21(19-9-6-14-29-19)24-25-22(26)30-15-20(27)23-16-7-4-3-5-8-16/h6,9-14,16H,2-5,7-8,15H2,1H3,(H,23,27). The molecule has 2 aromatic heterocycles. The van der Waals surface area contributed by atoms with Crippen LogP contribution in [-0.2, 0) is 4.79 Å². The van der Waals surface area contributed by atoms with Crippen molar-refractivity contribution in [3.63, 3.8) is 0 Å². The molecule has 0 saturated heterocycles. The zero-order chi connectivity index (χ0) is 20.8. The van der Waals surface area contributed by atoms with Gasteiger partial charge < -0.3 is 14.5 Å². The largest absolute Gasteiger partial charge is 0.494 e. The van der Waals surface area contributed by atoms with Gasteiger partial charge in [0.25, 0.3) is 0 Å². The van der Waals surface area contributed by atoms with Crippen molar-refractivity contribution in [3.05, 3.63) is 42.7 Å². The minimum Gasteiger partial charge on any atom is -0.494 e. The molecule has 4 rings (SSSR count). The lowest BCUT2D eigenvalue weighted by atomic mass is 9.95. The molecule has 30 heavy (non-hydrogen) atoms. The lowest BCUT2D eigenvalue weighted by Gasteiger charge is -2.22. The average Bonchev–Trinajstić information content (AvgIpc) is 3.44. The van der Waals surface area contributed by atoms with Gasteiger partial charge in [0, 0.05) is 6.04 Å². The summed E-state index contributed by atoms with van der Waals surface area (Å²) in [6.07, 6.45) is 7.40. The second kappa shape index (κ2) is 9.84. The molecule has 0 aliphatic heterocycles. The summed E-state index contributed by atoms with van der Waals surface area (Å²) in [6, 6.07) is 11.7. The van der Waals surface area contributed by atoms with Crippen molar-refractivity contribution in [2.45, 2.75) is 50.2 Å². The average molecular weight is 427 g/mol. The summed E-state index contributed by atoms with van der Waals surface area (Å²) in [7, 11) is 0. The molecule has 3 aromatic rings. The number of nitrogens with one attached hydrogen (secondary N) is 1. The number of thioether (sulfide) groups is 1. The van der Waals surface area contributed by atoms with Crippen LogP contribution in [0.25, 0.3) is 17.3 Å². The first-order chi connectivity index (χ1) is 14.7. The Morgan fingerprint density at radius 1 is 1.20 bits per heavy atom. The zero-order valence-electron chi connectivity index (χ0n) is 17.0. The summed E-state index contributed by atoms with van der Waals surface area (Å²) in [5, 5.41) is 12.4. The normalized spacial score (nSPS) is 14.6. The molecule has 0 spiro atoms. The highest BCUT2D eigenvalue weighted by atomic mass is 32.2. The van der Waals surface area contributed by atoms with Gasteiger partial charge in [0.2, 0.25) is 11.7 Å². The topological polar surface area (TPSA) is 82.2 Å². The Balaban J connectivity index is 1.53. The fourth-order valence-electron chi connectivity index (χ4n) is 3.67. The first-order valence-corrected chi connectivity index (χ1v) is 11.4. The molecule has 158 valence electrons. The number of carbonyl (C=O) groups is 1. The Morgan fingerprint density at radius 3 is 2.70 bits per heavy atom. The van der Waals surface area contributed by atoms with E-state index in [1.54, 1.807) is 6.26 Å². The number of nitrogens with zero attached hydrogens (tertiary/aromatic N) is 3. The third-order valence-corrected chi connectivity index (χ3v) is 6.01. The summed E-state index contributed by atoms with van der Waals surface area (Å²) in [6.45, 7) is 2.57. The predicted octanol–water partition coefficient (Wildman–Crippen LogP) is 4.47. The highest BCUT2D eigenvalue weighted by molar-refractivity contribution is 7.99. The van der Waals surface area contributed by atoms with Crippen LogP contribution in [-0.4, -0.2) is 39.1 Å². The molecule has 0 unspecified atom stereocenters. The lowest BCUT2D eigenvalue weighted by Crippen LogP contribution is -2.37. The maximum absolute atomic E-state index is 12.5. The molecule has 1 amide bonds. The van der Waals surface area contributed by atoms with E-state index in [1.807, 2.05) is 47.9 Å². The monoisotopic (exact) mass is 426 g/mol. The van der Waals surface area contributed by atoms with Crippen molar-refractivity contribution in [3.8, 4) is 23.0 Å². The van der Waals surface area contributed by atoms with E-state index in [4.69, 9.17) is 9.15 Å². The molecule has 1 saturated carbocycles. The Morgan fingerprint density at radius 2 is 2.00 bits per heavy atom. The summed E-state index contributed by atoms with van der Waals surface area (Å²) < 4.78 is 13.0. The first kappa shape index (κ1) is 20.5. The van der Waals surface area contributed by atoms with E-state index in [9.17, 15) is 4.79 Å².